The maximum atomic E-state index is 12.6. The molecule has 0 bridgehead atoms. The molecule has 1 saturated heterocycles. The molecule has 31 heavy (non-hydrogen) atoms. The Morgan fingerprint density at radius 1 is 1.16 bits per heavy atom. The molecule has 2 aliphatic carbocycles. The van der Waals surface area contributed by atoms with E-state index in [2.05, 4.69) is 10.3 Å². The Hall–Kier alpha value is -2.75. The van der Waals surface area contributed by atoms with Gasteiger partial charge in [-0.1, -0.05) is 12.8 Å². The van der Waals surface area contributed by atoms with Crippen LogP contribution in [-0.4, -0.2) is 44.3 Å². The number of nitrogens with one attached hydrogen (secondary N) is 1. The molecule has 3 amide bonds. The fourth-order valence-corrected chi connectivity index (χ4v) is 6.07. The van der Waals surface area contributed by atoms with Crippen LogP contribution in [0.1, 0.15) is 61.2 Å². The number of rotatable bonds is 5. The number of amides is 3. The van der Waals surface area contributed by atoms with Gasteiger partial charge in [-0.3, -0.25) is 23.7 Å². The van der Waals surface area contributed by atoms with Crippen LogP contribution in [0.5, 0.6) is 0 Å². The normalized spacial score (nSPS) is 19.8. The molecule has 0 radical (unpaired) electrons. The number of urea groups is 1. The van der Waals surface area contributed by atoms with E-state index in [4.69, 9.17) is 4.74 Å². The number of carbonyl (C=O) groups is 3. The number of fused-ring (bicyclic) bond motifs is 3. The maximum absolute atomic E-state index is 12.6. The highest BCUT2D eigenvalue weighted by Crippen LogP contribution is 2.35. The van der Waals surface area contributed by atoms with Crippen molar-refractivity contribution in [2.75, 3.05) is 6.54 Å². The minimum atomic E-state index is -0.775. The van der Waals surface area contributed by atoms with Crippen molar-refractivity contribution < 1.29 is 19.1 Å². The van der Waals surface area contributed by atoms with Crippen LogP contribution < -0.4 is 10.9 Å². The molecule has 10 heteroatoms. The molecule has 0 aromatic carbocycles. The molecule has 1 saturated carbocycles. The molecule has 3 heterocycles. The average molecular weight is 445 g/mol. The van der Waals surface area contributed by atoms with Crippen LogP contribution in [-0.2, 0) is 33.8 Å². The first-order chi connectivity index (χ1) is 15.0. The molecule has 1 aliphatic heterocycles. The molecule has 2 aromatic rings. The smallest absolute Gasteiger partial charge is 0.325 e. The van der Waals surface area contributed by atoms with E-state index in [1.807, 2.05) is 0 Å². The minimum absolute atomic E-state index is 0.0159. The highest BCUT2D eigenvalue weighted by atomic mass is 32.1. The predicted octanol–water partition coefficient (Wildman–Crippen LogP) is 1.93. The summed E-state index contributed by atoms with van der Waals surface area (Å²) in [5.41, 5.74) is 0.525. The summed E-state index contributed by atoms with van der Waals surface area (Å²) in [4.78, 5) is 57.0. The second-order valence-corrected chi connectivity index (χ2v) is 9.53. The molecule has 1 N–H and O–H groups in total. The van der Waals surface area contributed by atoms with E-state index >= 15 is 0 Å². The molecule has 5 rings (SSSR count). The first kappa shape index (κ1) is 20.2. The van der Waals surface area contributed by atoms with Gasteiger partial charge < -0.3 is 10.1 Å². The Labute approximate surface area is 182 Å². The average Bonchev–Trinajstić information content (AvgIpc) is 3.42. The quantitative estimate of drug-likeness (QED) is 0.557. The van der Waals surface area contributed by atoms with E-state index in [1.165, 1.54) is 22.3 Å². The fraction of sp³-hybridized carbons (Fsp3) is 0.571. The van der Waals surface area contributed by atoms with E-state index in [0.717, 1.165) is 49.1 Å². The minimum Gasteiger partial charge on any atom is -0.459 e. The molecule has 2 fully saturated rings. The molecule has 3 aliphatic rings. The summed E-state index contributed by atoms with van der Waals surface area (Å²) < 4.78 is 6.93. The standard InChI is InChI=1S/C21H24N4O5S/c26-16-11-13(22-20-25(16)14-5-1-2-6-15(14)31-20)12-30-17(27)7-10-24-18(28)21(23-19(24)29)8-3-4-9-21/h11H,1-10,12H2,(H,23,29). The Bertz CT molecular complexity index is 1130. The van der Waals surface area contributed by atoms with Crippen LogP contribution in [0.25, 0.3) is 4.96 Å². The third kappa shape index (κ3) is 3.52. The van der Waals surface area contributed by atoms with Crippen LogP contribution in [0.3, 0.4) is 0 Å². The largest absolute Gasteiger partial charge is 0.459 e. The van der Waals surface area contributed by atoms with Gasteiger partial charge >= 0.3 is 12.0 Å². The molecule has 9 nitrogen and oxygen atoms in total. The number of aryl methyl sites for hydroxylation is 2. The van der Waals surface area contributed by atoms with Gasteiger partial charge in [0.25, 0.3) is 11.5 Å². The van der Waals surface area contributed by atoms with E-state index < -0.39 is 17.5 Å². The number of esters is 1. The Kier molecular flexibility index (Phi) is 5.04. The van der Waals surface area contributed by atoms with E-state index in [-0.39, 0.29) is 31.0 Å². The molecule has 1 spiro atoms. The van der Waals surface area contributed by atoms with E-state index in [0.29, 0.717) is 23.5 Å². The van der Waals surface area contributed by atoms with Crippen molar-refractivity contribution in [3.05, 3.63) is 32.7 Å². The second-order valence-electron chi connectivity index (χ2n) is 8.47. The van der Waals surface area contributed by atoms with Gasteiger partial charge in [-0.2, -0.15) is 0 Å². The van der Waals surface area contributed by atoms with Crippen molar-refractivity contribution in [1.29, 1.82) is 0 Å². The number of hydrogen-bond acceptors (Lipinski definition) is 7. The number of nitrogens with zero attached hydrogens (tertiary/aromatic N) is 3. The number of hydrogen-bond donors (Lipinski definition) is 1. The fourth-order valence-electron chi connectivity index (χ4n) is 4.84. The molecule has 0 unspecified atom stereocenters. The number of carbonyl (C=O) groups excluding carboxylic acids is 3. The maximum Gasteiger partial charge on any atom is 0.325 e. The molecular weight excluding hydrogens is 420 g/mol. The number of thiazole rings is 1. The summed E-state index contributed by atoms with van der Waals surface area (Å²) in [5, 5.41) is 2.79. The van der Waals surface area contributed by atoms with E-state index in [1.54, 1.807) is 4.40 Å². The van der Waals surface area contributed by atoms with Crippen LogP contribution >= 0.6 is 11.3 Å². The zero-order valence-electron chi connectivity index (χ0n) is 17.1. The topological polar surface area (TPSA) is 110 Å². The SMILES string of the molecule is O=C(CCN1C(=O)NC2(CCCC2)C1=O)OCc1cc(=O)n2c3c(sc2n1)CCCC3. The Balaban J connectivity index is 1.20. The summed E-state index contributed by atoms with van der Waals surface area (Å²) in [6.07, 6.45) is 7.07. The van der Waals surface area contributed by atoms with Crippen molar-refractivity contribution in [2.24, 2.45) is 0 Å². The van der Waals surface area contributed by atoms with Crippen LogP contribution in [0.15, 0.2) is 10.9 Å². The number of ether oxygens (including phenoxy) is 1. The monoisotopic (exact) mass is 444 g/mol. The predicted molar refractivity (Wildman–Crippen MR) is 112 cm³/mol. The number of imide groups is 1. The third-order valence-electron chi connectivity index (χ3n) is 6.44. The van der Waals surface area contributed by atoms with Gasteiger partial charge in [0.05, 0.1) is 12.1 Å². The Morgan fingerprint density at radius 2 is 1.94 bits per heavy atom. The highest BCUT2D eigenvalue weighted by molar-refractivity contribution is 7.17. The number of aromatic nitrogens is 2. The molecule has 164 valence electrons. The summed E-state index contributed by atoms with van der Waals surface area (Å²) in [5.74, 6) is -0.787. The van der Waals surface area contributed by atoms with Crippen molar-refractivity contribution in [2.45, 2.75) is 69.9 Å². The van der Waals surface area contributed by atoms with Gasteiger partial charge in [-0.05, 0) is 38.5 Å². The molecular formula is C21H24N4O5S. The highest BCUT2D eigenvalue weighted by Gasteiger charge is 2.52. The van der Waals surface area contributed by atoms with Crippen molar-refractivity contribution in [3.63, 3.8) is 0 Å². The Morgan fingerprint density at radius 3 is 2.74 bits per heavy atom. The van der Waals surface area contributed by atoms with Gasteiger partial charge in [0.1, 0.15) is 12.1 Å². The molecule has 2 aromatic heterocycles. The van der Waals surface area contributed by atoms with Crippen LogP contribution in [0.2, 0.25) is 0 Å². The lowest BCUT2D eigenvalue weighted by Gasteiger charge is -2.19. The van der Waals surface area contributed by atoms with Gasteiger partial charge in [-0.15, -0.1) is 11.3 Å². The lowest BCUT2D eigenvalue weighted by atomic mass is 9.98. The van der Waals surface area contributed by atoms with Crippen molar-refractivity contribution in [3.8, 4) is 0 Å². The summed E-state index contributed by atoms with van der Waals surface area (Å²) in [7, 11) is 0. The lowest BCUT2D eigenvalue weighted by Crippen LogP contribution is -2.44. The van der Waals surface area contributed by atoms with Gasteiger partial charge in [-0.25, -0.2) is 9.78 Å². The van der Waals surface area contributed by atoms with Gasteiger partial charge in [0, 0.05) is 23.2 Å². The first-order valence-electron chi connectivity index (χ1n) is 10.8. The van der Waals surface area contributed by atoms with Crippen LogP contribution in [0.4, 0.5) is 4.79 Å². The van der Waals surface area contributed by atoms with Crippen molar-refractivity contribution >= 4 is 34.2 Å². The van der Waals surface area contributed by atoms with Gasteiger partial charge in [0.15, 0.2) is 4.96 Å². The lowest BCUT2D eigenvalue weighted by molar-refractivity contribution is -0.145. The zero-order valence-corrected chi connectivity index (χ0v) is 18.0. The summed E-state index contributed by atoms with van der Waals surface area (Å²) in [6, 6.07) is 0.963. The van der Waals surface area contributed by atoms with Crippen molar-refractivity contribution in [1.82, 2.24) is 19.6 Å². The molecule has 0 atom stereocenters. The van der Waals surface area contributed by atoms with Gasteiger partial charge in [0.2, 0.25) is 0 Å². The summed E-state index contributed by atoms with van der Waals surface area (Å²) >= 11 is 1.52. The third-order valence-corrected chi connectivity index (χ3v) is 7.58. The summed E-state index contributed by atoms with van der Waals surface area (Å²) in [6.45, 7) is -0.130. The first-order valence-corrected chi connectivity index (χ1v) is 11.6. The van der Waals surface area contributed by atoms with E-state index in [9.17, 15) is 19.2 Å². The van der Waals surface area contributed by atoms with Crippen LogP contribution in [0, 0.1) is 0 Å². The zero-order chi connectivity index (χ0) is 21.6. The second kappa shape index (κ2) is 7.74.